The van der Waals surface area contributed by atoms with Crippen LogP contribution in [0.4, 0.5) is 0 Å². The summed E-state index contributed by atoms with van der Waals surface area (Å²) in [5, 5.41) is 0. The summed E-state index contributed by atoms with van der Waals surface area (Å²) in [5.41, 5.74) is 5.31. The van der Waals surface area contributed by atoms with Crippen LogP contribution in [0.15, 0.2) is 82.6 Å². The van der Waals surface area contributed by atoms with Gasteiger partial charge in [-0.15, -0.1) is 13.2 Å². The van der Waals surface area contributed by atoms with E-state index < -0.39 is 0 Å². The lowest BCUT2D eigenvalue weighted by Gasteiger charge is -2.11. The molecule has 0 unspecified atom stereocenters. The number of aryl methyl sites for hydroxylation is 2. The molecule has 0 aliphatic rings. The second-order valence-electron chi connectivity index (χ2n) is 6.30. The van der Waals surface area contributed by atoms with Crippen LogP contribution < -0.4 is 0 Å². The Bertz CT molecular complexity index is 639. The molecule has 0 heterocycles. The van der Waals surface area contributed by atoms with Crippen LogP contribution in [0.1, 0.15) is 37.8 Å². The van der Waals surface area contributed by atoms with Crippen molar-refractivity contribution in [1.29, 1.82) is 0 Å². The monoisotopic (exact) mass is 354 g/mol. The van der Waals surface area contributed by atoms with E-state index in [0.717, 1.165) is 25.7 Å². The molecule has 0 aliphatic carbocycles. The lowest BCUT2D eigenvalue weighted by Crippen LogP contribution is -1.90. The molecule has 0 atom stereocenters. The molecule has 0 nitrogen and oxygen atoms in total. The van der Waals surface area contributed by atoms with Crippen molar-refractivity contribution in [3.8, 4) is 0 Å². The Morgan fingerprint density at radius 1 is 0.708 bits per heavy atom. The topological polar surface area (TPSA) is 0 Å². The summed E-state index contributed by atoms with van der Waals surface area (Å²) in [4.78, 5) is 2.72. The predicted octanol–water partition coefficient (Wildman–Crippen LogP) is 7.50. The summed E-state index contributed by atoms with van der Waals surface area (Å²) in [7, 11) is 3.73. The van der Waals surface area contributed by atoms with E-state index in [-0.39, 0.29) is 0 Å². The normalized spacial score (nSPS) is 10.6. The SMILES string of the molecule is C=C(C)CCc1ccccc1SSc1ccccc1CCC(=C)C. The van der Waals surface area contributed by atoms with Crippen LogP contribution in [0.2, 0.25) is 0 Å². The van der Waals surface area contributed by atoms with Crippen LogP contribution >= 0.6 is 21.6 Å². The maximum absolute atomic E-state index is 4.02. The quantitative estimate of drug-likeness (QED) is 0.337. The molecule has 0 amide bonds. The predicted molar refractivity (Wildman–Crippen MR) is 111 cm³/mol. The summed E-state index contributed by atoms with van der Waals surface area (Å²) in [6.07, 6.45) is 4.24. The molecule has 0 bridgehead atoms. The zero-order valence-electron chi connectivity index (χ0n) is 14.7. The zero-order chi connectivity index (χ0) is 17.4. The largest absolute Gasteiger partial charge is 0.100 e. The third-order valence-corrected chi connectivity index (χ3v) is 6.38. The third kappa shape index (κ3) is 6.26. The summed E-state index contributed by atoms with van der Waals surface area (Å²) >= 11 is 0. The molecule has 0 spiro atoms. The second-order valence-corrected chi connectivity index (χ2v) is 8.51. The van der Waals surface area contributed by atoms with Crippen LogP contribution in [0.5, 0.6) is 0 Å². The molecule has 126 valence electrons. The molecule has 0 N–H and O–H groups in total. The highest BCUT2D eigenvalue weighted by Crippen LogP contribution is 2.41. The van der Waals surface area contributed by atoms with Gasteiger partial charge in [0, 0.05) is 9.79 Å². The highest BCUT2D eigenvalue weighted by molar-refractivity contribution is 8.76. The van der Waals surface area contributed by atoms with E-state index in [1.165, 1.54) is 32.1 Å². The van der Waals surface area contributed by atoms with Crippen molar-refractivity contribution in [3.63, 3.8) is 0 Å². The summed E-state index contributed by atoms with van der Waals surface area (Å²) in [6, 6.07) is 17.4. The minimum absolute atomic E-state index is 1.05. The number of hydrogen-bond acceptors (Lipinski definition) is 2. The van der Waals surface area contributed by atoms with Gasteiger partial charge in [0.05, 0.1) is 0 Å². The van der Waals surface area contributed by atoms with Gasteiger partial charge in [0.1, 0.15) is 0 Å². The Balaban J connectivity index is 2.06. The maximum atomic E-state index is 4.02. The van der Waals surface area contributed by atoms with Crippen molar-refractivity contribution >= 4 is 21.6 Å². The van der Waals surface area contributed by atoms with E-state index >= 15 is 0 Å². The molecule has 2 aromatic rings. The Kier molecular flexibility index (Phi) is 7.74. The summed E-state index contributed by atoms with van der Waals surface area (Å²) in [6.45, 7) is 12.2. The highest BCUT2D eigenvalue weighted by atomic mass is 33.1. The van der Waals surface area contributed by atoms with Crippen LogP contribution in [0.25, 0.3) is 0 Å². The number of rotatable bonds is 9. The molecule has 0 saturated heterocycles. The highest BCUT2D eigenvalue weighted by Gasteiger charge is 2.07. The minimum Gasteiger partial charge on any atom is -0.100 e. The summed E-state index contributed by atoms with van der Waals surface area (Å²) < 4.78 is 0. The fourth-order valence-corrected chi connectivity index (χ4v) is 4.89. The van der Waals surface area contributed by atoms with Crippen molar-refractivity contribution in [2.45, 2.75) is 49.3 Å². The van der Waals surface area contributed by atoms with Gasteiger partial charge in [0.2, 0.25) is 0 Å². The van der Waals surface area contributed by atoms with Gasteiger partial charge in [-0.2, -0.15) is 0 Å². The molecule has 2 heteroatoms. The molecular weight excluding hydrogens is 328 g/mol. The first-order valence-corrected chi connectivity index (χ1v) is 10.5. The van der Waals surface area contributed by atoms with Crippen LogP contribution in [0, 0.1) is 0 Å². The zero-order valence-corrected chi connectivity index (χ0v) is 16.3. The Hall–Kier alpha value is -1.38. The standard InChI is InChI=1S/C22H26S2/c1-17(2)13-15-19-9-5-7-11-21(19)23-24-22-12-8-6-10-20(22)16-14-18(3)4/h5-12H,1,3,13-16H2,2,4H3. The van der Waals surface area contributed by atoms with Crippen molar-refractivity contribution < 1.29 is 0 Å². The van der Waals surface area contributed by atoms with Crippen LogP contribution in [-0.2, 0) is 12.8 Å². The first kappa shape index (κ1) is 19.0. The number of hydrogen-bond donors (Lipinski definition) is 0. The van der Waals surface area contributed by atoms with Crippen LogP contribution in [0.3, 0.4) is 0 Å². The maximum Gasteiger partial charge on any atom is 0.0218 e. The Morgan fingerprint density at radius 2 is 1.08 bits per heavy atom. The fraction of sp³-hybridized carbons (Fsp3) is 0.273. The third-order valence-electron chi connectivity index (χ3n) is 3.81. The molecule has 0 radical (unpaired) electrons. The van der Waals surface area contributed by atoms with Gasteiger partial charge >= 0.3 is 0 Å². The molecular formula is C22H26S2. The van der Waals surface area contributed by atoms with Crippen molar-refractivity contribution in [1.82, 2.24) is 0 Å². The van der Waals surface area contributed by atoms with E-state index in [2.05, 4.69) is 75.5 Å². The van der Waals surface area contributed by atoms with Gasteiger partial charge in [-0.3, -0.25) is 0 Å². The van der Waals surface area contributed by atoms with E-state index in [9.17, 15) is 0 Å². The molecule has 0 saturated carbocycles. The van der Waals surface area contributed by atoms with Crippen molar-refractivity contribution in [2.24, 2.45) is 0 Å². The van der Waals surface area contributed by atoms with E-state index in [1.807, 2.05) is 21.6 Å². The molecule has 24 heavy (non-hydrogen) atoms. The van der Waals surface area contributed by atoms with E-state index in [1.54, 1.807) is 0 Å². The van der Waals surface area contributed by atoms with Gasteiger partial charge in [0.25, 0.3) is 0 Å². The van der Waals surface area contributed by atoms with Gasteiger partial charge in [-0.25, -0.2) is 0 Å². The summed E-state index contributed by atoms with van der Waals surface area (Å²) in [5.74, 6) is 0. The minimum atomic E-state index is 1.05. The van der Waals surface area contributed by atoms with Gasteiger partial charge in [0.15, 0.2) is 0 Å². The lowest BCUT2D eigenvalue weighted by atomic mass is 10.1. The van der Waals surface area contributed by atoms with Crippen molar-refractivity contribution in [2.75, 3.05) is 0 Å². The Labute approximate surface area is 154 Å². The molecule has 2 aromatic carbocycles. The number of allylic oxidation sites excluding steroid dienone is 2. The molecule has 0 aliphatic heterocycles. The van der Waals surface area contributed by atoms with Gasteiger partial charge in [-0.1, -0.05) is 69.1 Å². The van der Waals surface area contributed by atoms with Crippen LogP contribution in [-0.4, -0.2) is 0 Å². The van der Waals surface area contributed by atoms with Gasteiger partial charge in [-0.05, 0) is 62.8 Å². The molecule has 2 rings (SSSR count). The van der Waals surface area contributed by atoms with Crippen molar-refractivity contribution in [3.05, 3.63) is 84.0 Å². The molecule has 0 aromatic heterocycles. The smallest absolute Gasteiger partial charge is 0.0218 e. The average Bonchev–Trinajstić information content (AvgIpc) is 2.57. The van der Waals surface area contributed by atoms with Gasteiger partial charge < -0.3 is 0 Å². The average molecular weight is 355 g/mol. The first-order chi connectivity index (χ1) is 11.6. The lowest BCUT2D eigenvalue weighted by molar-refractivity contribution is 0.923. The fourth-order valence-electron chi connectivity index (χ4n) is 2.37. The van der Waals surface area contributed by atoms with E-state index in [0.29, 0.717) is 0 Å². The second kappa shape index (κ2) is 9.80. The van der Waals surface area contributed by atoms with E-state index in [4.69, 9.17) is 0 Å². The number of benzene rings is 2. The first-order valence-electron chi connectivity index (χ1n) is 8.35. The molecule has 0 fully saturated rings. The Morgan fingerprint density at radius 3 is 1.46 bits per heavy atom.